The van der Waals surface area contributed by atoms with Gasteiger partial charge in [-0.25, -0.2) is 0 Å². The number of quaternary nitrogens is 1. The SMILES string of the molecule is O=S(=O)([CH-]S(=O)(=O)C(F)(F)F)C(F)(F)F.[NH4+]. The highest BCUT2D eigenvalue weighted by Gasteiger charge is 2.47. The lowest BCUT2D eigenvalue weighted by atomic mass is 11.5. The molecule has 0 saturated heterocycles. The number of sulfone groups is 2. The molecule has 100 valence electrons. The predicted octanol–water partition coefficient (Wildman–Crippen LogP) is 1.35. The van der Waals surface area contributed by atoms with Gasteiger partial charge < -0.3 is 6.15 Å². The summed E-state index contributed by atoms with van der Waals surface area (Å²) in [6, 6.07) is 0. The van der Waals surface area contributed by atoms with Crippen LogP contribution in [0.1, 0.15) is 0 Å². The highest BCUT2D eigenvalue weighted by molar-refractivity contribution is 8.12. The second-order valence-electron chi connectivity index (χ2n) is 2.08. The number of hydrogen-bond donors (Lipinski definition) is 1. The summed E-state index contributed by atoms with van der Waals surface area (Å²) in [7, 11) is -12.9. The first-order valence-electron chi connectivity index (χ1n) is 2.68. The fourth-order valence-corrected chi connectivity index (χ4v) is 2.48. The molecule has 0 aromatic rings. The van der Waals surface area contributed by atoms with Crippen molar-refractivity contribution in [2.24, 2.45) is 0 Å². The van der Waals surface area contributed by atoms with Crippen LogP contribution in [0, 0.1) is 5.08 Å². The van der Waals surface area contributed by atoms with Crippen LogP contribution in [0.2, 0.25) is 0 Å². The molecule has 0 aromatic heterocycles. The van der Waals surface area contributed by atoms with Crippen LogP contribution in [0.25, 0.3) is 0 Å². The highest BCUT2D eigenvalue weighted by atomic mass is 32.3. The number of halogens is 6. The minimum Gasteiger partial charge on any atom is -0.369 e. The standard InChI is InChI=1S/C3HF6O4S2.H3N/c4-2(5,6)14(10,11)1-15(12,13)3(7,8)9;/h1H;1H3/q-1;/p+1. The molecular formula is C3H5F6NO4S2. The van der Waals surface area contributed by atoms with E-state index in [0.29, 0.717) is 0 Å². The molecule has 13 heteroatoms. The molecule has 0 unspecified atom stereocenters. The molecule has 5 nitrogen and oxygen atoms in total. The van der Waals surface area contributed by atoms with Crippen molar-refractivity contribution in [1.29, 1.82) is 0 Å². The van der Waals surface area contributed by atoms with E-state index in [4.69, 9.17) is 0 Å². The van der Waals surface area contributed by atoms with Gasteiger partial charge in [0.15, 0.2) is 0 Å². The molecule has 0 heterocycles. The van der Waals surface area contributed by atoms with E-state index in [2.05, 4.69) is 0 Å². The number of rotatable bonds is 2. The van der Waals surface area contributed by atoms with Crippen LogP contribution in [-0.2, 0) is 19.7 Å². The molecule has 0 bridgehead atoms. The molecule has 0 fully saturated rings. The van der Waals surface area contributed by atoms with Crippen molar-refractivity contribution in [3.63, 3.8) is 0 Å². The second-order valence-corrected chi connectivity index (χ2v) is 5.95. The van der Waals surface area contributed by atoms with Crippen LogP contribution in [0.5, 0.6) is 0 Å². The smallest absolute Gasteiger partial charge is 0.369 e. The van der Waals surface area contributed by atoms with Gasteiger partial charge in [0.2, 0.25) is 0 Å². The van der Waals surface area contributed by atoms with Gasteiger partial charge in [0.1, 0.15) is 19.7 Å². The summed E-state index contributed by atoms with van der Waals surface area (Å²) in [4.78, 5) is 0. The Bertz CT molecular complexity index is 387. The molecule has 0 saturated carbocycles. The zero-order chi connectivity index (χ0) is 12.7. The molecule has 0 aliphatic heterocycles. The van der Waals surface area contributed by atoms with Gasteiger partial charge in [-0.3, -0.25) is 16.8 Å². The molecule has 0 spiro atoms. The summed E-state index contributed by atoms with van der Waals surface area (Å²) < 4.78 is 109. The van der Waals surface area contributed by atoms with Crippen molar-refractivity contribution in [2.75, 3.05) is 0 Å². The minimum atomic E-state index is -6.47. The van der Waals surface area contributed by atoms with Gasteiger partial charge in [0, 0.05) is 0 Å². The van der Waals surface area contributed by atoms with Gasteiger partial charge in [0.25, 0.3) is 0 Å². The second kappa shape index (κ2) is 4.37. The van der Waals surface area contributed by atoms with Gasteiger partial charge in [-0.2, -0.15) is 26.3 Å². The fourth-order valence-electron chi connectivity index (χ4n) is 0.276. The van der Waals surface area contributed by atoms with Crippen molar-refractivity contribution in [3.05, 3.63) is 5.08 Å². The summed E-state index contributed by atoms with van der Waals surface area (Å²) in [5.41, 5.74) is -12.2. The summed E-state index contributed by atoms with van der Waals surface area (Å²) in [5, 5.41) is -1.76. The van der Waals surface area contributed by atoms with E-state index in [-0.39, 0.29) is 6.15 Å². The summed E-state index contributed by atoms with van der Waals surface area (Å²) in [6.45, 7) is 0. The van der Waals surface area contributed by atoms with E-state index in [1.54, 1.807) is 0 Å². The van der Waals surface area contributed by atoms with E-state index in [0.717, 1.165) is 0 Å². The van der Waals surface area contributed by atoms with E-state index >= 15 is 0 Å². The maximum atomic E-state index is 11.5. The maximum Gasteiger partial charge on any atom is 0.469 e. The molecule has 16 heavy (non-hydrogen) atoms. The topological polar surface area (TPSA) is 105 Å². The molecule has 0 rings (SSSR count). The van der Waals surface area contributed by atoms with Gasteiger partial charge in [-0.05, 0) is 0 Å². The third-order valence-electron chi connectivity index (χ3n) is 0.899. The maximum absolute atomic E-state index is 11.5. The van der Waals surface area contributed by atoms with Crippen LogP contribution < -0.4 is 6.15 Å². The Morgan fingerprint density at radius 3 is 1.00 bits per heavy atom. The minimum absolute atomic E-state index is 0. The van der Waals surface area contributed by atoms with Crippen molar-refractivity contribution in [2.45, 2.75) is 11.0 Å². The number of alkyl halides is 6. The first-order chi connectivity index (χ1) is 6.21. The van der Waals surface area contributed by atoms with Crippen LogP contribution in [0.15, 0.2) is 0 Å². The Hall–Kier alpha value is -0.560. The molecule has 0 aliphatic carbocycles. The van der Waals surface area contributed by atoms with E-state index in [9.17, 15) is 43.2 Å². The molecule has 0 aliphatic rings. The Labute approximate surface area is 85.8 Å². The first kappa shape index (κ1) is 17.8. The number of hydrogen-bond acceptors (Lipinski definition) is 4. The molecule has 0 amide bonds. The van der Waals surface area contributed by atoms with Crippen molar-refractivity contribution in [3.8, 4) is 0 Å². The zero-order valence-electron chi connectivity index (χ0n) is 7.29. The van der Waals surface area contributed by atoms with Crippen LogP contribution >= 0.6 is 0 Å². The third-order valence-corrected chi connectivity index (χ3v) is 4.22. The Balaban J connectivity index is 0. The van der Waals surface area contributed by atoms with Gasteiger partial charge >= 0.3 is 11.0 Å². The van der Waals surface area contributed by atoms with Crippen molar-refractivity contribution < 1.29 is 43.2 Å². The average molecular weight is 297 g/mol. The Morgan fingerprint density at radius 1 is 0.688 bits per heavy atom. The van der Waals surface area contributed by atoms with Crippen LogP contribution in [-0.4, -0.2) is 27.9 Å². The molecule has 0 aromatic carbocycles. The van der Waals surface area contributed by atoms with Crippen molar-refractivity contribution >= 4 is 19.7 Å². The predicted molar refractivity (Wildman–Crippen MR) is 40.2 cm³/mol. The van der Waals surface area contributed by atoms with Crippen LogP contribution in [0.4, 0.5) is 26.3 Å². The fraction of sp³-hybridized carbons (Fsp3) is 0.667. The van der Waals surface area contributed by atoms with E-state index < -0.39 is 35.8 Å². The lowest BCUT2D eigenvalue weighted by Gasteiger charge is -2.18. The van der Waals surface area contributed by atoms with Crippen molar-refractivity contribution in [1.82, 2.24) is 6.15 Å². The lowest BCUT2D eigenvalue weighted by molar-refractivity contribution is -0.0446. The summed E-state index contributed by atoms with van der Waals surface area (Å²) in [6.07, 6.45) is 0. The molecule has 0 atom stereocenters. The molecular weight excluding hydrogens is 292 g/mol. The Kier molecular flexibility index (Phi) is 4.86. The monoisotopic (exact) mass is 297 g/mol. The Morgan fingerprint density at radius 2 is 0.875 bits per heavy atom. The lowest BCUT2D eigenvalue weighted by Crippen LogP contribution is -2.32. The van der Waals surface area contributed by atoms with E-state index in [1.807, 2.05) is 0 Å². The van der Waals surface area contributed by atoms with Gasteiger partial charge in [-0.1, -0.05) is 5.08 Å². The van der Waals surface area contributed by atoms with E-state index in [1.165, 1.54) is 0 Å². The van der Waals surface area contributed by atoms with Gasteiger partial charge in [0.05, 0.1) is 0 Å². The average Bonchev–Trinajstić information content (AvgIpc) is 1.77. The molecule has 4 N–H and O–H groups in total. The zero-order valence-corrected chi connectivity index (χ0v) is 8.93. The molecule has 0 radical (unpaired) electrons. The third kappa shape index (κ3) is 3.79. The summed E-state index contributed by atoms with van der Waals surface area (Å²) in [5.74, 6) is 0. The summed E-state index contributed by atoms with van der Waals surface area (Å²) >= 11 is 0. The normalized spacial score (nSPS) is 14.4. The first-order valence-corrected chi connectivity index (χ1v) is 5.77. The largest absolute Gasteiger partial charge is 0.469 e. The van der Waals surface area contributed by atoms with Gasteiger partial charge in [-0.15, -0.1) is 0 Å². The quantitative estimate of drug-likeness (QED) is 0.613. The highest BCUT2D eigenvalue weighted by Crippen LogP contribution is 2.33. The van der Waals surface area contributed by atoms with Crippen LogP contribution in [0.3, 0.4) is 0 Å².